The van der Waals surface area contributed by atoms with Crippen molar-refractivity contribution in [1.82, 2.24) is 9.13 Å². The van der Waals surface area contributed by atoms with Crippen LogP contribution in [0, 0.1) is 0 Å². The van der Waals surface area contributed by atoms with Crippen LogP contribution in [0.5, 0.6) is 0 Å². The molecule has 9 aromatic rings. The first-order chi connectivity index (χ1) is 23.2. The fourth-order valence-electron chi connectivity index (χ4n) is 7.12. The fourth-order valence-corrected chi connectivity index (χ4v) is 7.12. The molecule has 7 aromatic carbocycles. The molecule has 0 atom stereocenters. The lowest BCUT2D eigenvalue weighted by Gasteiger charge is -2.27. The number of fused-ring (bicyclic) bond motifs is 6. The maximum Gasteiger partial charge on any atom is 0.0691 e. The normalized spacial score (nSPS) is 11.6. The number of nitrogens with zero attached hydrogens (tertiary/aromatic N) is 3. The third kappa shape index (κ3) is 4.17. The molecule has 0 radical (unpaired) electrons. The molecular weight excluding hydrogens is 574 g/mol. The SMILES string of the molecule is Nc1ccccc1N(c1ccc2c3ccccc3n(-c3ccccc3)c2c1)c1ccc2c3ccccc3n(-c3ccccc3N)c2c1. The second-order valence-corrected chi connectivity index (χ2v) is 11.9. The maximum absolute atomic E-state index is 6.74. The molecule has 0 spiro atoms. The largest absolute Gasteiger partial charge is 0.397 e. The molecule has 9 rings (SSSR count). The number of benzene rings is 7. The first-order valence-electron chi connectivity index (χ1n) is 15.8. The van der Waals surface area contributed by atoms with Crippen LogP contribution in [0.2, 0.25) is 0 Å². The van der Waals surface area contributed by atoms with Gasteiger partial charge in [0.25, 0.3) is 0 Å². The number of hydrogen-bond acceptors (Lipinski definition) is 3. The molecular formula is C42H31N5. The predicted molar refractivity (Wildman–Crippen MR) is 199 cm³/mol. The molecule has 0 aliphatic carbocycles. The minimum absolute atomic E-state index is 0.698. The van der Waals surface area contributed by atoms with Crippen LogP contribution < -0.4 is 16.4 Å². The van der Waals surface area contributed by atoms with Gasteiger partial charge < -0.3 is 25.5 Å². The second kappa shape index (κ2) is 10.6. The van der Waals surface area contributed by atoms with Gasteiger partial charge >= 0.3 is 0 Å². The molecule has 0 aliphatic heterocycles. The zero-order chi connectivity index (χ0) is 31.5. The molecule has 0 amide bonds. The van der Waals surface area contributed by atoms with Crippen LogP contribution in [0.15, 0.2) is 164 Å². The van der Waals surface area contributed by atoms with Crippen molar-refractivity contribution in [3.63, 3.8) is 0 Å². The number of hydrogen-bond donors (Lipinski definition) is 2. The number of anilines is 5. The van der Waals surface area contributed by atoms with Gasteiger partial charge in [-0.3, -0.25) is 0 Å². The molecule has 5 nitrogen and oxygen atoms in total. The van der Waals surface area contributed by atoms with Gasteiger partial charge in [0.1, 0.15) is 0 Å². The van der Waals surface area contributed by atoms with Gasteiger partial charge in [-0.25, -0.2) is 0 Å². The van der Waals surface area contributed by atoms with Crippen molar-refractivity contribution in [3.05, 3.63) is 164 Å². The highest BCUT2D eigenvalue weighted by Gasteiger charge is 2.21. The van der Waals surface area contributed by atoms with Crippen LogP contribution in [-0.4, -0.2) is 9.13 Å². The summed E-state index contributed by atoms with van der Waals surface area (Å²) in [5.74, 6) is 0. The van der Waals surface area contributed by atoms with Gasteiger partial charge in [0.2, 0.25) is 0 Å². The Morgan fingerprint density at radius 1 is 0.383 bits per heavy atom. The van der Waals surface area contributed by atoms with Crippen molar-refractivity contribution < 1.29 is 0 Å². The van der Waals surface area contributed by atoms with Crippen LogP contribution >= 0.6 is 0 Å². The minimum Gasteiger partial charge on any atom is -0.397 e. The molecule has 4 N–H and O–H groups in total. The third-order valence-corrected chi connectivity index (χ3v) is 9.20. The van der Waals surface area contributed by atoms with Crippen molar-refractivity contribution in [2.24, 2.45) is 0 Å². The van der Waals surface area contributed by atoms with Crippen molar-refractivity contribution in [1.29, 1.82) is 0 Å². The predicted octanol–water partition coefficient (Wildman–Crippen LogP) is 10.5. The Hall–Kier alpha value is -6.46. The summed E-state index contributed by atoms with van der Waals surface area (Å²) < 4.78 is 4.62. The smallest absolute Gasteiger partial charge is 0.0691 e. The van der Waals surface area contributed by atoms with E-state index in [1.54, 1.807) is 0 Å². The van der Waals surface area contributed by atoms with E-state index in [1.807, 2.05) is 36.4 Å². The molecule has 5 heteroatoms. The van der Waals surface area contributed by atoms with Crippen molar-refractivity contribution in [2.75, 3.05) is 16.4 Å². The maximum atomic E-state index is 6.74. The molecule has 2 aromatic heterocycles. The summed E-state index contributed by atoms with van der Waals surface area (Å²) in [6, 6.07) is 57.1. The number of nitrogen functional groups attached to an aromatic ring is 2. The van der Waals surface area contributed by atoms with Gasteiger partial charge in [0.15, 0.2) is 0 Å². The highest BCUT2D eigenvalue weighted by molar-refractivity contribution is 6.12. The minimum atomic E-state index is 0.698. The Labute approximate surface area is 272 Å². The van der Waals surface area contributed by atoms with Crippen LogP contribution in [0.3, 0.4) is 0 Å². The summed E-state index contributed by atoms with van der Waals surface area (Å²) in [5.41, 5.74) is 24.2. The average molecular weight is 606 g/mol. The first kappa shape index (κ1) is 26.9. The van der Waals surface area contributed by atoms with Crippen LogP contribution in [0.1, 0.15) is 0 Å². The van der Waals surface area contributed by atoms with Gasteiger partial charge in [-0.2, -0.15) is 0 Å². The monoisotopic (exact) mass is 605 g/mol. The second-order valence-electron chi connectivity index (χ2n) is 11.9. The van der Waals surface area contributed by atoms with E-state index in [0.717, 1.165) is 56.1 Å². The van der Waals surface area contributed by atoms with Crippen LogP contribution in [-0.2, 0) is 0 Å². The van der Waals surface area contributed by atoms with Gasteiger partial charge in [-0.15, -0.1) is 0 Å². The summed E-state index contributed by atoms with van der Waals surface area (Å²) in [5, 5.41) is 4.75. The van der Waals surface area contributed by atoms with Crippen LogP contribution in [0.25, 0.3) is 55.0 Å². The third-order valence-electron chi connectivity index (χ3n) is 9.20. The molecule has 2 heterocycles. The summed E-state index contributed by atoms with van der Waals surface area (Å²) >= 11 is 0. The molecule has 0 bridgehead atoms. The Morgan fingerprint density at radius 3 is 1.51 bits per heavy atom. The number of para-hydroxylation sites is 7. The Bertz CT molecular complexity index is 2610. The standard InChI is InChI=1S/C42H31N5/c43-35-16-6-10-20-39(35)45(29-22-24-33-31-14-4-8-18-37(31)46(41(33)26-29)28-12-2-1-3-13-28)30-23-25-34-32-15-5-9-19-38(32)47(42(34)27-30)40-21-11-7-17-36(40)44/h1-27H,43-44H2. The summed E-state index contributed by atoms with van der Waals surface area (Å²) in [6.07, 6.45) is 0. The highest BCUT2D eigenvalue weighted by atomic mass is 15.2. The molecule has 0 fully saturated rings. The van der Waals surface area contributed by atoms with Gasteiger partial charge in [0, 0.05) is 38.6 Å². The quantitative estimate of drug-likeness (QED) is 0.192. The molecule has 0 saturated heterocycles. The Balaban J connectivity index is 1.34. The molecule has 0 saturated carbocycles. The Kier molecular flexibility index (Phi) is 6.05. The summed E-state index contributed by atoms with van der Waals surface area (Å²) in [4.78, 5) is 2.26. The van der Waals surface area contributed by atoms with E-state index in [0.29, 0.717) is 5.69 Å². The lowest BCUT2D eigenvalue weighted by Crippen LogP contribution is -2.12. The van der Waals surface area contributed by atoms with Gasteiger partial charge in [-0.05, 0) is 72.8 Å². The lowest BCUT2D eigenvalue weighted by atomic mass is 10.1. The average Bonchev–Trinajstić information content (AvgIpc) is 3.62. The summed E-state index contributed by atoms with van der Waals surface area (Å²) in [7, 11) is 0. The molecule has 224 valence electrons. The molecule has 0 aliphatic rings. The summed E-state index contributed by atoms with van der Waals surface area (Å²) in [6.45, 7) is 0. The zero-order valence-corrected chi connectivity index (χ0v) is 25.6. The van der Waals surface area contributed by atoms with Crippen molar-refractivity contribution in [3.8, 4) is 11.4 Å². The number of rotatable bonds is 5. The van der Waals surface area contributed by atoms with Crippen molar-refractivity contribution in [2.45, 2.75) is 0 Å². The van der Waals surface area contributed by atoms with Crippen molar-refractivity contribution >= 4 is 72.0 Å². The van der Waals surface area contributed by atoms with Gasteiger partial charge in [-0.1, -0.05) is 91.0 Å². The van der Waals surface area contributed by atoms with Gasteiger partial charge in [0.05, 0.1) is 44.8 Å². The van der Waals surface area contributed by atoms with E-state index in [4.69, 9.17) is 11.5 Å². The Morgan fingerprint density at radius 2 is 0.872 bits per heavy atom. The topological polar surface area (TPSA) is 65.1 Å². The van der Waals surface area contributed by atoms with E-state index >= 15 is 0 Å². The van der Waals surface area contributed by atoms with E-state index in [-0.39, 0.29) is 0 Å². The number of nitrogens with two attached hydrogens (primary N) is 2. The van der Waals surface area contributed by atoms with E-state index in [1.165, 1.54) is 21.7 Å². The zero-order valence-electron chi connectivity index (χ0n) is 25.6. The van der Waals surface area contributed by atoms with E-state index in [9.17, 15) is 0 Å². The van der Waals surface area contributed by atoms with E-state index < -0.39 is 0 Å². The lowest BCUT2D eigenvalue weighted by molar-refractivity contribution is 1.17. The molecule has 47 heavy (non-hydrogen) atoms. The first-order valence-corrected chi connectivity index (χ1v) is 15.8. The fraction of sp³-hybridized carbons (Fsp3) is 0. The highest BCUT2D eigenvalue weighted by Crippen LogP contribution is 2.43. The molecule has 0 unspecified atom stereocenters. The van der Waals surface area contributed by atoms with Crippen LogP contribution in [0.4, 0.5) is 28.4 Å². The van der Waals surface area contributed by atoms with E-state index in [2.05, 4.69) is 141 Å². The number of aromatic nitrogens is 2.